The van der Waals surface area contributed by atoms with Crippen LogP contribution in [0.15, 0.2) is 36.8 Å². The van der Waals surface area contributed by atoms with Crippen LogP contribution < -0.4 is 5.73 Å². The van der Waals surface area contributed by atoms with Crippen LogP contribution in [-0.4, -0.2) is 21.5 Å². The van der Waals surface area contributed by atoms with Crippen LogP contribution in [0.3, 0.4) is 0 Å². The van der Waals surface area contributed by atoms with Crippen molar-refractivity contribution >= 4 is 10.9 Å². The van der Waals surface area contributed by atoms with E-state index in [1.807, 2.05) is 12.4 Å². The molecule has 0 aliphatic carbocycles. The lowest BCUT2D eigenvalue weighted by molar-refractivity contribution is 0.909. The molecule has 0 radical (unpaired) electrons. The zero-order valence-electron chi connectivity index (χ0n) is 10.9. The van der Waals surface area contributed by atoms with E-state index >= 15 is 0 Å². The third kappa shape index (κ3) is 2.22. The average molecular weight is 252 g/mol. The molecule has 0 bridgehead atoms. The molecular weight excluding hydrogens is 236 g/mol. The van der Waals surface area contributed by atoms with Crippen molar-refractivity contribution in [3.63, 3.8) is 0 Å². The summed E-state index contributed by atoms with van der Waals surface area (Å²) < 4.78 is 0. The van der Waals surface area contributed by atoms with Gasteiger partial charge in [-0.3, -0.25) is 9.97 Å². The first kappa shape index (κ1) is 11.9. The number of rotatable bonds is 3. The molecule has 0 atom stereocenters. The fraction of sp³-hybridized carbons (Fsp3) is 0.200. The fourth-order valence-electron chi connectivity index (χ4n) is 2.22. The minimum absolute atomic E-state index is 0.598. The third-order valence-corrected chi connectivity index (χ3v) is 3.22. The Morgan fingerprint density at radius 2 is 2.11 bits per heavy atom. The van der Waals surface area contributed by atoms with Crippen molar-refractivity contribution in [3.05, 3.63) is 48.0 Å². The van der Waals surface area contributed by atoms with Gasteiger partial charge in [-0.15, -0.1) is 0 Å². The van der Waals surface area contributed by atoms with Crippen molar-refractivity contribution in [3.8, 4) is 11.3 Å². The van der Waals surface area contributed by atoms with E-state index in [-0.39, 0.29) is 0 Å². The standard InChI is InChI=1S/C15H16N4/c1-10-2-3-12-13(8-19-14(12)6-10)15-9-17-11(4-5-16)7-18-15/h2-3,6-9,19H,4-5,16H2,1H3. The molecule has 3 rings (SSSR count). The van der Waals surface area contributed by atoms with Crippen molar-refractivity contribution in [1.29, 1.82) is 0 Å². The van der Waals surface area contributed by atoms with E-state index in [0.29, 0.717) is 6.54 Å². The lowest BCUT2D eigenvalue weighted by Gasteiger charge is -2.01. The van der Waals surface area contributed by atoms with Crippen LogP contribution in [0.4, 0.5) is 0 Å². The molecule has 0 aliphatic rings. The van der Waals surface area contributed by atoms with Crippen molar-refractivity contribution in [2.75, 3.05) is 6.54 Å². The van der Waals surface area contributed by atoms with Crippen LogP contribution in [0.25, 0.3) is 22.2 Å². The number of aromatic amines is 1. The number of hydrogen-bond donors (Lipinski definition) is 2. The number of nitrogens with one attached hydrogen (secondary N) is 1. The van der Waals surface area contributed by atoms with Crippen LogP contribution in [0.5, 0.6) is 0 Å². The summed E-state index contributed by atoms with van der Waals surface area (Å²) in [5, 5.41) is 1.17. The maximum Gasteiger partial charge on any atom is 0.0906 e. The summed E-state index contributed by atoms with van der Waals surface area (Å²) in [6.45, 7) is 2.68. The molecule has 2 aromatic heterocycles. The Morgan fingerprint density at radius 3 is 2.84 bits per heavy atom. The zero-order valence-corrected chi connectivity index (χ0v) is 10.9. The van der Waals surface area contributed by atoms with Gasteiger partial charge in [0, 0.05) is 35.3 Å². The van der Waals surface area contributed by atoms with Gasteiger partial charge in [0.1, 0.15) is 0 Å². The van der Waals surface area contributed by atoms with Gasteiger partial charge >= 0.3 is 0 Å². The molecule has 0 saturated heterocycles. The maximum absolute atomic E-state index is 5.51. The number of H-pyrrole nitrogens is 1. The van der Waals surface area contributed by atoms with Crippen molar-refractivity contribution in [2.24, 2.45) is 5.73 Å². The molecule has 96 valence electrons. The Bertz CT molecular complexity index is 698. The number of benzene rings is 1. The van der Waals surface area contributed by atoms with Crippen molar-refractivity contribution in [2.45, 2.75) is 13.3 Å². The topological polar surface area (TPSA) is 67.6 Å². The Morgan fingerprint density at radius 1 is 1.21 bits per heavy atom. The molecule has 1 aromatic carbocycles. The molecule has 3 N–H and O–H groups in total. The normalized spacial score (nSPS) is 11.1. The Kier molecular flexibility index (Phi) is 3.01. The quantitative estimate of drug-likeness (QED) is 0.752. The second kappa shape index (κ2) is 4.82. The van der Waals surface area contributed by atoms with Gasteiger partial charge in [-0.2, -0.15) is 0 Å². The molecule has 4 heteroatoms. The van der Waals surface area contributed by atoms with E-state index in [9.17, 15) is 0 Å². The monoisotopic (exact) mass is 252 g/mol. The van der Waals surface area contributed by atoms with Crippen molar-refractivity contribution in [1.82, 2.24) is 15.0 Å². The van der Waals surface area contributed by atoms with E-state index in [4.69, 9.17) is 5.73 Å². The first-order valence-corrected chi connectivity index (χ1v) is 6.37. The molecule has 0 amide bonds. The average Bonchev–Trinajstić information content (AvgIpc) is 2.83. The largest absolute Gasteiger partial charge is 0.360 e. The lowest BCUT2D eigenvalue weighted by Crippen LogP contribution is -2.04. The Balaban J connectivity index is 2.04. The predicted molar refractivity (Wildman–Crippen MR) is 76.8 cm³/mol. The highest BCUT2D eigenvalue weighted by Gasteiger charge is 2.07. The number of nitrogens with zero attached hydrogens (tertiary/aromatic N) is 2. The number of aryl methyl sites for hydroxylation is 1. The van der Waals surface area contributed by atoms with Crippen LogP contribution in [0.1, 0.15) is 11.3 Å². The predicted octanol–water partition coefficient (Wildman–Crippen LogP) is 2.43. The van der Waals surface area contributed by atoms with Gasteiger partial charge in [0.05, 0.1) is 17.6 Å². The molecule has 3 aromatic rings. The Labute approximate surface area is 111 Å². The minimum Gasteiger partial charge on any atom is -0.360 e. The number of hydrogen-bond acceptors (Lipinski definition) is 3. The van der Waals surface area contributed by atoms with Gasteiger partial charge in [0.2, 0.25) is 0 Å². The molecule has 2 heterocycles. The van der Waals surface area contributed by atoms with E-state index in [0.717, 1.165) is 28.9 Å². The van der Waals surface area contributed by atoms with Gasteiger partial charge in [0.25, 0.3) is 0 Å². The van der Waals surface area contributed by atoms with E-state index < -0.39 is 0 Å². The molecule has 0 aliphatic heterocycles. The van der Waals surface area contributed by atoms with Gasteiger partial charge in [-0.05, 0) is 25.1 Å². The highest BCUT2D eigenvalue weighted by Crippen LogP contribution is 2.27. The zero-order chi connectivity index (χ0) is 13.2. The first-order valence-electron chi connectivity index (χ1n) is 6.37. The lowest BCUT2D eigenvalue weighted by atomic mass is 10.1. The smallest absolute Gasteiger partial charge is 0.0906 e. The van der Waals surface area contributed by atoms with Crippen LogP contribution in [0.2, 0.25) is 0 Å². The molecule has 0 saturated carbocycles. The molecule has 19 heavy (non-hydrogen) atoms. The summed E-state index contributed by atoms with van der Waals surface area (Å²) in [6.07, 6.45) is 6.36. The maximum atomic E-state index is 5.51. The minimum atomic E-state index is 0.598. The van der Waals surface area contributed by atoms with Crippen LogP contribution in [-0.2, 0) is 6.42 Å². The second-order valence-corrected chi connectivity index (χ2v) is 4.68. The van der Waals surface area contributed by atoms with Crippen molar-refractivity contribution < 1.29 is 0 Å². The molecular formula is C15H16N4. The summed E-state index contributed by atoms with van der Waals surface area (Å²) in [6, 6.07) is 6.36. The van der Waals surface area contributed by atoms with E-state index in [2.05, 4.69) is 40.1 Å². The van der Waals surface area contributed by atoms with E-state index in [1.54, 1.807) is 6.20 Å². The van der Waals surface area contributed by atoms with Gasteiger partial charge in [-0.1, -0.05) is 12.1 Å². The first-order chi connectivity index (χ1) is 9.28. The summed E-state index contributed by atoms with van der Waals surface area (Å²) in [4.78, 5) is 12.1. The molecule has 0 fully saturated rings. The highest BCUT2D eigenvalue weighted by atomic mass is 14.8. The summed E-state index contributed by atoms with van der Waals surface area (Å²) in [5.74, 6) is 0. The molecule has 4 nitrogen and oxygen atoms in total. The summed E-state index contributed by atoms with van der Waals surface area (Å²) in [7, 11) is 0. The Hall–Kier alpha value is -2.20. The van der Waals surface area contributed by atoms with Gasteiger partial charge < -0.3 is 10.7 Å². The fourth-order valence-corrected chi connectivity index (χ4v) is 2.22. The third-order valence-electron chi connectivity index (χ3n) is 3.22. The second-order valence-electron chi connectivity index (χ2n) is 4.68. The van der Waals surface area contributed by atoms with Crippen LogP contribution in [0, 0.1) is 6.92 Å². The molecule has 0 unspecified atom stereocenters. The van der Waals surface area contributed by atoms with E-state index in [1.165, 1.54) is 10.9 Å². The molecule has 0 spiro atoms. The van der Waals surface area contributed by atoms with Crippen LogP contribution >= 0.6 is 0 Å². The SMILES string of the molecule is Cc1ccc2c(-c3cnc(CCN)cn3)c[nH]c2c1. The van der Waals surface area contributed by atoms with Gasteiger partial charge in [-0.25, -0.2) is 0 Å². The number of fused-ring (bicyclic) bond motifs is 1. The van der Waals surface area contributed by atoms with Gasteiger partial charge in [0.15, 0.2) is 0 Å². The highest BCUT2D eigenvalue weighted by molar-refractivity contribution is 5.94. The summed E-state index contributed by atoms with van der Waals surface area (Å²) >= 11 is 0. The number of aromatic nitrogens is 3. The summed E-state index contributed by atoms with van der Waals surface area (Å²) in [5.41, 5.74) is 10.8. The number of nitrogens with two attached hydrogens (primary N) is 1.